The van der Waals surface area contributed by atoms with Crippen LogP contribution in [0.25, 0.3) is 0 Å². The van der Waals surface area contributed by atoms with Crippen LogP contribution < -0.4 is 10.5 Å². The molecular formula is C10H12F2N2O3. The molecule has 0 saturated heterocycles. The van der Waals surface area contributed by atoms with Crippen LogP contribution in [0.4, 0.5) is 8.78 Å². The average Bonchev–Trinajstić information content (AvgIpc) is 2.26. The zero-order chi connectivity index (χ0) is 13.0. The minimum absolute atomic E-state index is 0.0433. The maximum Gasteiger partial charge on any atom is 0.309 e. The summed E-state index contributed by atoms with van der Waals surface area (Å²) in [5.74, 6) is -1.37. The number of pyridine rings is 1. The minimum atomic E-state index is -2.77. The third-order valence-electron chi connectivity index (χ3n) is 2.09. The molecule has 1 aromatic heterocycles. The lowest BCUT2D eigenvalue weighted by Gasteiger charge is -2.13. The van der Waals surface area contributed by atoms with Gasteiger partial charge in [-0.05, 0) is 6.07 Å². The summed E-state index contributed by atoms with van der Waals surface area (Å²) in [5.41, 5.74) is 5.09. The summed E-state index contributed by atoms with van der Waals surface area (Å²) in [6.07, 6.45) is -3.26. The van der Waals surface area contributed by atoms with Crippen LogP contribution in [0.2, 0.25) is 0 Å². The highest BCUT2D eigenvalue weighted by atomic mass is 19.3. The number of carbonyl (C=O) groups is 1. The van der Waals surface area contributed by atoms with Crippen molar-refractivity contribution < 1.29 is 23.4 Å². The van der Waals surface area contributed by atoms with Crippen LogP contribution in [0.15, 0.2) is 6.07 Å². The molecule has 0 atom stereocenters. The second kappa shape index (κ2) is 5.53. The first-order chi connectivity index (χ1) is 7.99. The fourth-order valence-corrected chi connectivity index (χ4v) is 1.43. The van der Waals surface area contributed by atoms with Gasteiger partial charge in [0, 0.05) is 6.54 Å². The van der Waals surface area contributed by atoms with E-state index in [1.165, 1.54) is 7.11 Å². The van der Waals surface area contributed by atoms with Crippen molar-refractivity contribution in [2.24, 2.45) is 5.73 Å². The third-order valence-corrected chi connectivity index (χ3v) is 2.09. The number of hydrogen-bond donors (Lipinski definition) is 2. The number of methoxy groups -OCH3 is 1. The molecule has 1 aromatic rings. The highest BCUT2D eigenvalue weighted by Gasteiger charge is 2.21. The van der Waals surface area contributed by atoms with Crippen molar-refractivity contribution >= 4 is 5.97 Å². The Hall–Kier alpha value is -1.76. The Morgan fingerprint density at radius 1 is 1.65 bits per heavy atom. The average molecular weight is 246 g/mol. The van der Waals surface area contributed by atoms with Gasteiger partial charge in [0.25, 0.3) is 6.43 Å². The van der Waals surface area contributed by atoms with E-state index in [9.17, 15) is 13.6 Å². The Morgan fingerprint density at radius 2 is 2.29 bits per heavy atom. The molecule has 0 aliphatic carbocycles. The first-order valence-corrected chi connectivity index (χ1v) is 4.76. The second-order valence-corrected chi connectivity index (χ2v) is 3.26. The summed E-state index contributed by atoms with van der Waals surface area (Å²) in [7, 11) is 1.19. The van der Waals surface area contributed by atoms with E-state index in [0.29, 0.717) is 0 Å². The number of nitrogens with zero attached hydrogens (tertiary/aromatic N) is 1. The molecule has 3 N–H and O–H groups in total. The number of ether oxygens (including phenoxy) is 1. The van der Waals surface area contributed by atoms with Crippen molar-refractivity contribution in [3.8, 4) is 5.75 Å². The van der Waals surface area contributed by atoms with Gasteiger partial charge < -0.3 is 15.6 Å². The van der Waals surface area contributed by atoms with Gasteiger partial charge in [0.2, 0.25) is 0 Å². The SMILES string of the molecule is COc1c(C(F)F)cc(CN)nc1CC(=O)O. The van der Waals surface area contributed by atoms with Gasteiger partial charge in [0.1, 0.15) is 5.75 Å². The molecule has 0 spiro atoms. The molecule has 0 radical (unpaired) electrons. The van der Waals surface area contributed by atoms with Crippen LogP contribution in [-0.4, -0.2) is 23.2 Å². The Kier molecular flexibility index (Phi) is 4.33. The molecule has 5 nitrogen and oxygen atoms in total. The monoisotopic (exact) mass is 246 g/mol. The van der Waals surface area contributed by atoms with E-state index in [4.69, 9.17) is 15.6 Å². The highest BCUT2D eigenvalue weighted by molar-refractivity contribution is 5.71. The Bertz CT molecular complexity index is 424. The number of aliphatic carboxylic acids is 1. The van der Waals surface area contributed by atoms with Crippen molar-refractivity contribution in [3.05, 3.63) is 23.0 Å². The highest BCUT2D eigenvalue weighted by Crippen LogP contribution is 2.32. The van der Waals surface area contributed by atoms with E-state index in [1.807, 2.05) is 0 Å². The van der Waals surface area contributed by atoms with Crippen LogP contribution in [0.1, 0.15) is 23.4 Å². The Labute approximate surface area is 96.2 Å². The molecular weight excluding hydrogens is 234 g/mol. The fraction of sp³-hybridized carbons (Fsp3) is 0.400. The number of hydrogen-bond acceptors (Lipinski definition) is 4. The zero-order valence-corrected chi connectivity index (χ0v) is 9.11. The largest absolute Gasteiger partial charge is 0.494 e. The van der Waals surface area contributed by atoms with Crippen LogP contribution >= 0.6 is 0 Å². The molecule has 0 aromatic carbocycles. The molecule has 0 unspecified atom stereocenters. The van der Waals surface area contributed by atoms with Gasteiger partial charge in [0.15, 0.2) is 0 Å². The summed E-state index contributed by atoms with van der Waals surface area (Å²) in [6, 6.07) is 1.12. The zero-order valence-electron chi connectivity index (χ0n) is 9.11. The van der Waals surface area contributed by atoms with Crippen molar-refractivity contribution in [2.45, 2.75) is 19.4 Å². The molecule has 7 heteroatoms. The number of carboxylic acid groups (broad SMARTS) is 1. The summed E-state index contributed by atoms with van der Waals surface area (Å²) >= 11 is 0. The third kappa shape index (κ3) is 3.10. The number of nitrogens with two attached hydrogens (primary N) is 1. The minimum Gasteiger partial charge on any atom is -0.494 e. The van der Waals surface area contributed by atoms with Crippen molar-refractivity contribution in [3.63, 3.8) is 0 Å². The van der Waals surface area contributed by atoms with Gasteiger partial charge >= 0.3 is 5.97 Å². The molecule has 0 bridgehead atoms. The van der Waals surface area contributed by atoms with Gasteiger partial charge in [0.05, 0.1) is 30.5 Å². The first-order valence-electron chi connectivity index (χ1n) is 4.76. The van der Waals surface area contributed by atoms with Crippen molar-refractivity contribution in [1.29, 1.82) is 0 Å². The van der Waals surface area contributed by atoms with E-state index < -0.39 is 18.8 Å². The molecule has 94 valence electrons. The predicted octanol–water partition coefficient (Wildman–Crippen LogP) is 1.11. The van der Waals surface area contributed by atoms with Gasteiger partial charge in [-0.1, -0.05) is 0 Å². The maximum atomic E-state index is 12.8. The fourth-order valence-electron chi connectivity index (χ4n) is 1.43. The van der Waals surface area contributed by atoms with Gasteiger partial charge in [-0.3, -0.25) is 9.78 Å². The number of aromatic nitrogens is 1. The van der Waals surface area contributed by atoms with E-state index >= 15 is 0 Å². The number of carboxylic acids is 1. The molecule has 17 heavy (non-hydrogen) atoms. The smallest absolute Gasteiger partial charge is 0.309 e. The lowest BCUT2D eigenvalue weighted by atomic mass is 10.1. The van der Waals surface area contributed by atoms with E-state index in [-0.39, 0.29) is 29.2 Å². The standard InChI is InChI=1S/C10H12F2N2O3/c1-17-9-6(10(11)12)2-5(4-13)14-7(9)3-8(15)16/h2,10H,3-4,13H2,1H3,(H,15,16). The van der Waals surface area contributed by atoms with Gasteiger partial charge in [-0.25, -0.2) is 8.78 Å². The Morgan fingerprint density at radius 3 is 2.71 bits per heavy atom. The van der Waals surface area contributed by atoms with Crippen LogP contribution in [0.5, 0.6) is 5.75 Å². The first kappa shape index (κ1) is 13.3. The van der Waals surface area contributed by atoms with Gasteiger partial charge in [-0.15, -0.1) is 0 Å². The lowest BCUT2D eigenvalue weighted by molar-refractivity contribution is -0.136. The van der Waals surface area contributed by atoms with Gasteiger partial charge in [-0.2, -0.15) is 0 Å². The van der Waals surface area contributed by atoms with Crippen LogP contribution in [-0.2, 0) is 17.8 Å². The predicted molar refractivity (Wildman–Crippen MR) is 55.0 cm³/mol. The topological polar surface area (TPSA) is 85.4 Å². The second-order valence-electron chi connectivity index (χ2n) is 3.26. The number of halogens is 2. The quantitative estimate of drug-likeness (QED) is 0.812. The summed E-state index contributed by atoms with van der Waals surface area (Å²) in [4.78, 5) is 14.5. The summed E-state index contributed by atoms with van der Waals surface area (Å²) in [5, 5.41) is 8.67. The van der Waals surface area contributed by atoms with Crippen molar-refractivity contribution in [2.75, 3.05) is 7.11 Å². The number of rotatable bonds is 5. The van der Waals surface area contributed by atoms with E-state index in [0.717, 1.165) is 6.07 Å². The molecule has 0 amide bonds. The number of alkyl halides is 2. The summed E-state index contributed by atoms with van der Waals surface area (Å²) in [6.45, 7) is -0.0453. The van der Waals surface area contributed by atoms with Crippen molar-refractivity contribution in [1.82, 2.24) is 4.98 Å². The molecule has 0 aliphatic rings. The normalized spacial score (nSPS) is 10.6. The Balaban J connectivity index is 3.33. The lowest BCUT2D eigenvalue weighted by Crippen LogP contribution is -2.11. The summed E-state index contributed by atoms with van der Waals surface area (Å²) < 4.78 is 30.3. The van der Waals surface area contributed by atoms with Crippen LogP contribution in [0.3, 0.4) is 0 Å². The molecule has 0 saturated carbocycles. The molecule has 0 aliphatic heterocycles. The maximum absolute atomic E-state index is 12.8. The van der Waals surface area contributed by atoms with Crippen LogP contribution in [0, 0.1) is 0 Å². The van der Waals surface area contributed by atoms with E-state index in [2.05, 4.69) is 4.98 Å². The molecule has 1 heterocycles. The molecule has 1 rings (SSSR count). The molecule has 0 fully saturated rings. The van der Waals surface area contributed by atoms with E-state index in [1.54, 1.807) is 0 Å².